The predicted octanol–water partition coefficient (Wildman–Crippen LogP) is 17.2. The monoisotopic (exact) mass is 879 g/mol. The predicted molar refractivity (Wildman–Crippen MR) is 281 cm³/mol. The van der Waals surface area contributed by atoms with E-state index in [0.717, 1.165) is 72.5 Å². The van der Waals surface area contributed by atoms with Gasteiger partial charge in [-0.05, 0) is 146 Å². The van der Waals surface area contributed by atoms with Crippen molar-refractivity contribution in [2.24, 2.45) is 0 Å². The van der Waals surface area contributed by atoms with Gasteiger partial charge in [-0.2, -0.15) is 0 Å². The number of hydrogen-bond acceptors (Lipinski definition) is 3. The maximum Gasteiger partial charge on any atom is 0.149 e. The average molecular weight is 879 g/mol. The average Bonchev–Trinajstić information content (AvgIpc) is 3.69. The van der Waals surface area contributed by atoms with Gasteiger partial charge in [0.05, 0.1) is 28.0 Å². The molecule has 66 heavy (non-hydrogen) atoms. The number of aromatic nitrogens is 3. The van der Waals surface area contributed by atoms with E-state index in [1.165, 1.54) is 0 Å². The van der Waals surface area contributed by atoms with Crippen molar-refractivity contribution < 1.29 is 14.7 Å². The molecule has 8 rings (SSSR count). The van der Waals surface area contributed by atoms with Crippen molar-refractivity contribution in [3.8, 4) is 67.5 Å². The van der Waals surface area contributed by atoms with Crippen molar-refractivity contribution in [3.05, 3.63) is 166 Å². The molecule has 2 aromatic heterocycles. The highest BCUT2D eigenvalue weighted by atomic mass is 16.3. The van der Waals surface area contributed by atoms with Crippen LogP contribution >= 0.6 is 0 Å². The number of aromatic hydroxyl groups is 1. The Kier molecular flexibility index (Phi) is 9.87. The van der Waals surface area contributed by atoms with Gasteiger partial charge in [-0.3, -0.25) is 9.55 Å². The molecule has 0 radical (unpaired) electrons. The standard InChI is InChI=1S/C62H69N3O/c1-37(2)44-28-45(38(3)4)30-46(29-44)42-23-24-55(40(6)27-42)65-56-18-16-17-51(57(56)64-59(65)52-35-50(61(10,11)12)36-53(58(52)66)62(13,14)15)47-31-48(33-49(32-47)60(7,8)9)54-34-43(25-26-63-54)41-21-19-39(5)20-22-41/h16-38,66H,1-15H3/i5D3,6D3,37D. The van der Waals surface area contributed by atoms with Gasteiger partial charge >= 0.3 is 0 Å². The molecule has 0 spiro atoms. The van der Waals surface area contributed by atoms with Crippen LogP contribution in [-0.2, 0) is 16.2 Å². The summed E-state index contributed by atoms with van der Waals surface area (Å²) in [5, 5.41) is 12.6. The second-order valence-electron chi connectivity index (χ2n) is 21.7. The van der Waals surface area contributed by atoms with Crippen LogP contribution in [-0.4, -0.2) is 19.6 Å². The van der Waals surface area contributed by atoms with Crippen LogP contribution in [0, 0.1) is 13.7 Å². The summed E-state index contributed by atoms with van der Waals surface area (Å²) in [5.74, 6) is -0.212. The highest BCUT2D eigenvalue weighted by molar-refractivity contribution is 5.97. The molecule has 0 unspecified atom stereocenters. The largest absolute Gasteiger partial charge is 0.507 e. The maximum atomic E-state index is 12.6. The molecule has 0 fully saturated rings. The summed E-state index contributed by atoms with van der Waals surface area (Å²) in [6.45, 7) is 22.4. The first-order valence-corrected chi connectivity index (χ1v) is 23.1. The zero-order valence-electron chi connectivity index (χ0n) is 48.0. The zero-order chi connectivity index (χ0) is 53.5. The Morgan fingerprint density at radius 3 is 1.89 bits per heavy atom. The number of aryl methyl sites for hydroxylation is 2. The molecule has 0 saturated heterocycles. The molecule has 0 aliphatic heterocycles. The Hall–Kier alpha value is -6.26. The number of pyridine rings is 1. The molecular formula is C62H69N3O. The van der Waals surface area contributed by atoms with Crippen molar-refractivity contribution >= 4 is 11.0 Å². The highest BCUT2D eigenvalue weighted by Gasteiger charge is 2.29. The second kappa shape index (κ2) is 17.2. The van der Waals surface area contributed by atoms with Gasteiger partial charge in [-0.1, -0.05) is 168 Å². The molecule has 4 heteroatoms. The maximum absolute atomic E-state index is 12.6. The Balaban J connectivity index is 1.43. The van der Waals surface area contributed by atoms with Gasteiger partial charge in [0.2, 0.25) is 0 Å². The van der Waals surface area contributed by atoms with Crippen LogP contribution in [0.25, 0.3) is 72.7 Å². The second-order valence-corrected chi connectivity index (χ2v) is 21.7. The van der Waals surface area contributed by atoms with Crippen molar-refractivity contribution in [2.45, 2.75) is 132 Å². The van der Waals surface area contributed by atoms with Gasteiger partial charge in [0, 0.05) is 32.5 Å². The number of hydrogen-bond donors (Lipinski definition) is 1. The van der Waals surface area contributed by atoms with Gasteiger partial charge in [-0.25, -0.2) is 4.98 Å². The van der Waals surface area contributed by atoms with Crippen LogP contribution in [0.1, 0.15) is 150 Å². The third-order valence-electron chi connectivity index (χ3n) is 12.9. The van der Waals surface area contributed by atoms with Gasteiger partial charge in [0.15, 0.2) is 0 Å². The van der Waals surface area contributed by atoms with Crippen LogP contribution in [0.5, 0.6) is 5.75 Å². The fourth-order valence-electron chi connectivity index (χ4n) is 8.71. The zero-order valence-corrected chi connectivity index (χ0v) is 41.0. The van der Waals surface area contributed by atoms with E-state index >= 15 is 0 Å². The molecule has 6 aromatic carbocycles. The van der Waals surface area contributed by atoms with E-state index in [9.17, 15) is 5.11 Å². The number of benzene rings is 6. The van der Waals surface area contributed by atoms with Crippen molar-refractivity contribution in [1.29, 1.82) is 0 Å². The lowest BCUT2D eigenvalue weighted by Gasteiger charge is -2.27. The molecule has 0 bridgehead atoms. The molecule has 0 aliphatic rings. The Bertz CT molecular complexity index is 3390. The van der Waals surface area contributed by atoms with Crippen molar-refractivity contribution in [3.63, 3.8) is 0 Å². The SMILES string of the molecule is [2H]C([2H])([2H])c1ccc(-c2ccnc(-c3cc(-c4cccc5c4nc(-c4cc(C(C)(C)C)cc(C(C)(C)C)c4O)n5-c4ccc(-c5cc(C(C)C)cc(C([2H])(C)C)c5)cc4C([2H])([2H])[2H])cc(C(C)(C)C)c3)c2)cc1. The lowest BCUT2D eigenvalue weighted by Crippen LogP contribution is -2.17. The number of phenols is 1. The molecule has 0 amide bonds. The lowest BCUT2D eigenvalue weighted by atomic mass is 9.79. The van der Waals surface area contributed by atoms with Crippen molar-refractivity contribution in [1.82, 2.24) is 14.5 Å². The molecule has 0 atom stereocenters. The topological polar surface area (TPSA) is 50.9 Å². The molecule has 0 saturated carbocycles. The van der Waals surface area contributed by atoms with Gasteiger partial charge in [0.25, 0.3) is 0 Å². The molecule has 0 aliphatic carbocycles. The minimum atomic E-state index is -2.58. The third-order valence-corrected chi connectivity index (χ3v) is 12.9. The number of phenolic OH excluding ortho intramolecular Hbond substituents is 1. The summed E-state index contributed by atoms with van der Waals surface area (Å²) >= 11 is 0. The molecular weight excluding hydrogens is 803 g/mol. The normalized spacial score (nSPS) is 14.6. The summed E-state index contributed by atoms with van der Waals surface area (Å²) in [4.78, 5) is 10.4. The summed E-state index contributed by atoms with van der Waals surface area (Å²) in [7, 11) is 0. The van der Waals surface area contributed by atoms with E-state index in [4.69, 9.17) is 19.6 Å². The molecule has 2 heterocycles. The van der Waals surface area contributed by atoms with Crippen LogP contribution in [0.2, 0.25) is 0 Å². The fraction of sp³-hybridized carbons (Fsp3) is 0.323. The van der Waals surface area contributed by atoms with Crippen LogP contribution in [0.15, 0.2) is 128 Å². The Morgan fingerprint density at radius 1 is 0.576 bits per heavy atom. The number of fused-ring (bicyclic) bond motifs is 1. The van der Waals surface area contributed by atoms with Gasteiger partial charge in [-0.15, -0.1) is 0 Å². The minimum Gasteiger partial charge on any atom is -0.507 e. The van der Waals surface area contributed by atoms with E-state index in [1.54, 1.807) is 24.4 Å². The minimum absolute atomic E-state index is 0.0812. The van der Waals surface area contributed by atoms with Gasteiger partial charge in [0.1, 0.15) is 11.6 Å². The third kappa shape index (κ3) is 9.12. The van der Waals surface area contributed by atoms with E-state index in [-0.39, 0.29) is 33.6 Å². The van der Waals surface area contributed by atoms with Crippen LogP contribution in [0.3, 0.4) is 0 Å². The summed E-state index contributed by atoms with van der Waals surface area (Å²) in [6.07, 6.45) is 1.77. The molecule has 4 nitrogen and oxygen atoms in total. The van der Waals surface area contributed by atoms with E-state index in [1.807, 2.05) is 85.1 Å². The van der Waals surface area contributed by atoms with E-state index in [2.05, 4.69) is 113 Å². The first-order chi connectivity index (χ1) is 33.7. The van der Waals surface area contributed by atoms with Gasteiger partial charge < -0.3 is 5.11 Å². The summed E-state index contributed by atoms with van der Waals surface area (Å²) in [6, 6.07) is 39.2. The Morgan fingerprint density at radius 2 is 1.24 bits per heavy atom. The number of rotatable bonds is 8. The number of para-hydroxylation sites is 1. The fourth-order valence-corrected chi connectivity index (χ4v) is 8.71. The highest BCUT2D eigenvalue weighted by Crippen LogP contribution is 2.45. The first-order valence-electron chi connectivity index (χ1n) is 26.6. The smallest absolute Gasteiger partial charge is 0.149 e. The molecule has 1 N–H and O–H groups in total. The number of imidazole rings is 1. The summed E-state index contributed by atoms with van der Waals surface area (Å²) in [5.41, 5.74) is 12.9. The van der Waals surface area contributed by atoms with Crippen LogP contribution in [0.4, 0.5) is 0 Å². The van der Waals surface area contributed by atoms with E-state index in [0.29, 0.717) is 28.1 Å². The lowest BCUT2D eigenvalue weighted by molar-refractivity contribution is 0.446. The quantitative estimate of drug-likeness (QED) is 0.165. The van der Waals surface area contributed by atoms with E-state index < -0.39 is 25.0 Å². The Labute approximate surface area is 404 Å². The number of nitrogens with zero attached hydrogens (tertiary/aromatic N) is 3. The summed E-state index contributed by atoms with van der Waals surface area (Å²) < 4.78 is 61.9. The van der Waals surface area contributed by atoms with Crippen LogP contribution < -0.4 is 0 Å². The van der Waals surface area contributed by atoms with Crippen molar-refractivity contribution in [2.75, 3.05) is 0 Å². The first kappa shape index (κ1) is 37.9. The molecule has 8 aromatic rings. The molecule has 338 valence electrons.